The summed E-state index contributed by atoms with van der Waals surface area (Å²) in [6.07, 6.45) is 14.8. The molecule has 4 heteroatoms. The van der Waals surface area contributed by atoms with Crippen LogP contribution >= 0.6 is 23.2 Å². The number of nitrogens with zero attached hydrogens (tertiary/aromatic N) is 1. The van der Waals surface area contributed by atoms with Crippen LogP contribution in [0.15, 0.2) is 0 Å². The Morgan fingerprint density at radius 2 is 1.09 bits per heavy atom. The van der Waals surface area contributed by atoms with E-state index in [1.807, 2.05) is 4.90 Å². The van der Waals surface area contributed by atoms with E-state index in [1.165, 1.54) is 64.2 Å². The van der Waals surface area contributed by atoms with Crippen LogP contribution in [0.3, 0.4) is 0 Å². The van der Waals surface area contributed by atoms with E-state index in [1.54, 1.807) is 0 Å². The van der Waals surface area contributed by atoms with E-state index < -0.39 is 4.84 Å². The summed E-state index contributed by atoms with van der Waals surface area (Å²) in [5.74, 6) is -0.120. The molecule has 0 atom stereocenters. The molecule has 0 saturated carbocycles. The molecule has 0 bridgehead atoms. The molecule has 0 radical (unpaired) electrons. The summed E-state index contributed by atoms with van der Waals surface area (Å²) in [5.41, 5.74) is 0. The summed E-state index contributed by atoms with van der Waals surface area (Å²) in [6.45, 7) is 6.05. The Bertz CT molecular complexity index is 243. The summed E-state index contributed by atoms with van der Waals surface area (Å²) >= 11 is 11.5. The molecule has 0 aliphatic heterocycles. The molecule has 0 aliphatic carbocycles. The van der Waals surface area contributed by atoms with Gasteiger partial charge in [-0.05, 0) is 12.8 Å². The van der Waals surface area contributed by atoms with Crippen LogP contribution in [0.1, 0.15) is 90.9 Å². The first-order chi connectivity index (χ1) is 10.6. The van der Waals surface area contributed by atoms with Crippen LogP contribution in [0.2, 0.25) is 0 Å². The fourth-order valence-electron chi connectivity index (χ4n) is 2.64. The van der Waals surface area contributed by atoms with E-state index in [2.05, 4.69) is 13.8 Å². The largest absolute Gasteiger partial charge is 0.340 e. The van der Waals surface area contributed by atoms with Crippen molar-refractivity contribution in [3.8, 4) is 0 Å². The third-order valence-corrected chi connectivity index (χ3v) is 4.43. The Morgan fingerprint density at radius 1 is 0.727 bits per heavy atom. The summed E-state index contributed by atoms with van der Waals surface area (Å²) in [6, 6.07) is 0. The van der Waals surface area contributed by atoms with Crippen LogP contribution in [-0.2, 0) is 4.79 Å². The number of hydrogen-bond donors (Lipinski definition) is 0. The molecule has 0 unspecified atom stereocenters. The van der Waals surface area contributed by atoms with Crippen LogP contribution < -0.4 is 0 Å². The number of unbranched alkanes of at least 4 members (excludes halogenated alkanes) is 10. The highest BCUT2D eigenvalue weighted by atomic mass is 35.5. The minimum absolute atomic E-state index is 0.120. The molecule has 0 aliphatic rings. The zero-order chi connectivity index (χ0) is 16.6. The van der Waals surface area contributed by atoms with Gasteiger partial charge in [-0.3, -0.25) is 4.79 Å². The lowest BCUT2D eigenvalue weighted by atomic mass is 10.1. The third-order valence-electron chi connectivity index (χ3n) is 4.06. The van der Waals surface area contributed by atoms with Gasteiger partial charge in [-0.15, -0.1) is 0 Å². The van der Waals surface area contributed by atoms with Crippen molar-refractivity contribution in [1.82, 2.24) is 4.90 Å². The molecule has 0 saturated heterocycles. The standard InChI is InChI=1S/C18H35Cl2NO/c1-3-5-7-9-11-13-15-21(18(22)17(19)20)16-14-12-10-8-6-4-2/h17H,3-16H2,1-2H3. The van der Waals surface area contributed by atoms with Crippen molar-refractivity contribution in [3.05, 3.63) is 0 Å². The highest BCUT2D eigenvalue weighted by molar-refractivity contribution is 6.53. The Kier molecular flexibility index (Phi) is 16.0. The number of alkyl halides is 2. The lowest BCUT2D eigenvalue weighted by Crippen LogP contribution is -2.36. The normalized spacial score (nSPS) is 11.1. The van der Waals surface area contributed by atoms with E-state index in [0.717, 1.165) is 25.9 Å². The highest BCUT2D eigenvalue weighted by Gasteiger charge is 2.19. The van der Waals surface area contributed by atoms with Gasteiger partial charge in [0.05, 0.1) is 0 Å². The van der Waals surface area contributed by atoms with E-state index in [9.17, 15) is 4.79 Å². The van der Waals surface area contributed by atoms with Gasteiger partial charge in [0.25, 0.3) is 5.91 Å². The SMILES string of the molecule is CCCCCCCCN(CCCCCCCC)C(=O)C(Cl)Cl. The number of hydrogen-bond acceptors (Lipinski definition) is 1. The first-order valence-corrected chi connectivity index (χ1v) is 10.1. The average molecular weight is 352 g/mol. The molecule has 0 N–H and O–H groups in total. The average Bonchev–Trinajstić information content (AvgIpc) is 2.51. The second-order valence-electron chi connectivity index (χ2n) is 6.16. The van der Waals surface area contributed by atoms with Crippen molar-refractivity contribution in [2.45, 2.75) is 95.7 Å². The molecular weight excluding hydrogens is 317 g/mol. The molecule has 0 aromatic carbocycles. The van der Waals surface area contributed by atoms with Crippen LogP contribution in [0.25, 0.3) is 0 Å². The van der Waals surface area contributed by atoms with Crippen LogP contribution in [0.5, 0.6) is 0 Å². The van der Waals surface area contributed by atoms with Crippen molar-refractivity contribution >= 4 is 29.1 Å². The molecule has 0 rings (SSSR count). The lowest BCUT2D eigenvalue weighted by molar-refractivity contribution is -0.129. The Balaban J connectivity index is 3.88. The summed E-state index contributed by atoms with van der Waals surface area (Å²) in [7, 11) is 0. The minimum Gasteiger partial charge on any atom is -0.340 e. The zero-order valence-corrected chi connectivity index (χ0v) is 16.1. The molecule has 0 aromatic heterocycles. The van der Waals surface area contributed by atoms with Gasteiger partial charge in [-0.25, -0.2) is 0 Å². The van der Waals surface area contributed by atoms with E-state index in [-0.39, 0.29) is 5.91 Å². The molecule has 1 amide bonds. The fraction of sp³-hybridized carbons (Fsp3) is 0.944. The van der Waals surface area contributed by atoms with Gasteiger partial charge in [0, 0.05) is 13.1 Å². The Morgan fingerprint density at radius 3 is 1.45 bits per heavy atom. The zero-order valence-electron chi connectivity index (χ0n) is 14.6. The number of carbonyl (C=O) groups excluding carboxylic acids is 1. The smallest absolute Gasteiger partial charge is 0.255 e. The predicted molar refractivity (Wildman–Crippen MR) is 98.8 cm³/mol. The second kappa shape index (κ2) is 15.9. The summed E-state index contributed by atoms with van der Waals surface area (Å²) < 4.78 is 0. The van der Waals surface area contributed by atoms with Crippen LogP contribution in [0, 0.1) is 0 Å². The Labute approximate surface area is 147 Å². The Hall–Kier alpha value is 0.0500. The molecule has 132 valence electrons. The second-order valence-corrected chi connectivity index (χ2v) is 7.26. The van der Waals surface area contributed by atoms with Gasteiger partial charge >= 0.3 is 0 Å². The van der Waals surface area contributed by atoms with Gasteiger partial charge in [0.1, 0.15) is 0 Å². The monoisotopic (exact) mass is 351 g/mol. The minimum atomic E-state index is -0.916. The topological polar surface area (TPSA) is 20.3 Å². The number of amides is 1. The molecule has 2 nitrogen and oxygen atoms in total. The third kappa shape index (κ3) is 12.6. The van der Waals surface area contributed by atoms with Crippen molar-refractivity contribution in [1.29, 1.82) is 0 Å². The van der Waals surface area contributed by atoms with Crippen molar-refractivity contribution in [2.24, 2.45) is 0 Å². The summed E-state index contributed by atoms with van der Waals surface area (Å²) in [4.78, 5) is 13.0. The van der Waals surface area contributed by atoms with Crippen molar-refractivity contribution in [3.63, 3.8) is 0 Å². The molecule has 22 heavy (non-hydrogen) atoms. The van der Waals surface area contributed by atoms with Gasteiger partial charge in [-0.1, -0.05) is 101 Å². The number of halogens is 2. The molecular formula is C18H35Cl2NO. The maximum Gasteiger partial charge on any atom is 0.255 e. The van der Waals surface area contributed by atoms with Crippen LogP contribution in [0.4, 0.5) is 0 Å². The first-order valence-electron chi connectivity index (χ1n) is 9.20. The maximum atomic E-state index is 12.0. The quantitative estimate of drug-likeness (QED) is 0.249. The summed E-state index contributed by atoms with van der Waals surface area (Å²) in [5, 5.41) is 0. The molecule has 0 aromatic rings. The molecule has 0 heterocycles. The predicted octanol–water partition coefficient (Wildman–Crippen LogP) is 6.34. The maximum absolute atomic E-state index is 12.0. The van der Waals surface area contributed by atoms with Gasteiger partial charge in [0.2, 0.25) is 0 Å². The van der Waals surface area contributed by atoms with Gasteiger partial charge in [-0.2, -0.15) is 0 Å². The first kappa shape index (κ1) is 22.1. The van der Waals surface area contributed by atoms with Gasteiger partial charge in [0.15, 0.2) is 4.84 Å². The van der Waals surface area contributed by atoms with E-state index >= 15 is 0 Å². The molecule has 0 spiro atoms. The highest BCUT2D eigenvalue weighted by Crippen LogP contribution is 2.13. The fourth-order valence-corrected chi connectivity index (χ4v) is 2.91. The van der Waals surface area contributed by atoms with Crippen molar-refractivity contribution in [2.75, 3.05) is 13.1 Å². The number of carbonyl (C=O) groups is 1. The van der Waals surface area contributed by atoms with Gasteiger partial charge < -0.3 is 4.90 Å². The van der Waals surface area contributed by atoms with Crippen molar-refractivity contribution < 1.29 is 4.79 Å². The number of rotatable bonds is 15. The lowest BCUT2D eigenvalue weighted by Gasteiger charge is -2.23. The van der Waals surface area contributed by atoms with E-state index in [4.69, 9.17) is 23.2 Å². The van der Waals surface area contributed by atoms with E-state index in [0.29, 0.717) is 0 Å². The van der Waals surface area contributed by atoms with Crippen LogP contribution in [-0.4, -0.2) is 28.7 Å². The molecule has 0 fully saturated rings.